The largest absolute Gasteiger partial charge is 0.393 e. The van der Waals surface area contributed by atoms with E-state index >= 15 is 0 Å². The lowest BCUT2D eigenvalue weighted by atomic mass is 9.85. The highest BCUT2D eigenvalue weighted by molar-refractivity contribution is 14.1. The van der Waals surface area contributed by atoms with Crippen LogP contribution in [0.3, 0.4) is 0 Å². The lowest BCUT2D eigenvalue weighted by molar-refractivity contribution is 0.0729. The standard InChI is InChI=1S/C8H15IO/c1-6(9)7-4-2-3-5-8(7)10/h6-8,10H,2-5H2,1H3/t6?,7?,8-/m0/s1. The van der Waals surface area contributed by atoms with Gasteiger partial charge < -0.3 is 5.11 Å². The second-order valence-electron chi connectivity index (χ2n) is 3.19. The van der Waals surface area contributed by atoms with E-state index in [0.717, 1.165) is 6.42 Å². The van der Waals surface area contributed by atoms with Crippen LogP contribution in [0.2, 0.25) is 0 Å². The van der Waals surface area contributed by atoms with Crippen molar-refractivity contribution in [2.45, 2.75) is 42.6 Å². The number of aliphatic hydroxyl groups excluding tert-OH is 1. The summed E-state index contributed by atoms with van der Waals surface area (Å²) < 4.78 is 0.632. The Bertz CT molecular complexity index is 103. The summed E-state index contributed by atoms with van der Waals surface area (Å²) >= 11 is 2.42. The van der Waals surface area contributed by atoms with E-state index in [4.69, 9.17) is 0 Å². The zero-order valence-electron chi connectivity index (χ0n) is 6.39. The van der Waals surface area contributed by atoms with Gasteiger partial charge in [-0.1, -0.05) is 42.4 Å². The van der Waals surface area contributed by atoms with Gasteiger partial charge in [0.1, 0.15) is 0 Å². The fourth-order valence-corrected chi connectivity index (χ4v) is 2.51. The molecule has 1 aliphatic rings. The van der Waals surface area contributed by atoms with Crippen molar-refractivity contribution >= 4 is 22.6 Å². The summed E-state index contributed by atoms with van der Waals surface area (Å²) in [7, 11) is 0. The smallest absolute Gasteiger partial charge is 0.0578 e. The Labute approximate surface area is 76.3 Å². The first-order valence-corrected chi connectivity index (χ1v) is 5.28. The predicted molar refractivity (Wildman–Crippen MR) is 51.4 cm³/mol. The first kappa shape index (κ1) is 8.78. The summed E-state index contributed by atoms with van der Waals surface area (Å²) in [5.41, 5.74) is 0. The fraction of sp³-hybridized carbons (Fsp3) is 1.00. The van der Waals surface area contributed by atoms with Crippen molar-refractivity contribution in [1.29, 1.82) is 0 Å². The van der Waals surface area contributed by atoms with Gasteiger partial charge in [0.25, 0.3) is 0 Å². The third-order valence-corrected chi connectivity index (χ3v) is 3.30. The van der Waals surface area contributed by atoms with Crippen molar-refractivity contribution in [3.8, 4) is 0 Å². The molecule has 10 heavy (non-hydrogen) atoms. The van der Waals surface area contributed by atoms with Crippen LogP contribution in [0.15, 0.2) is 0 Å². The SMILES string of the molecule is CC(I)C1CCCC[C@@H]1O. The lowest BCUT2D eigenvalue weighted by Gasteiger charge is -2.29. The monoisotopic (exact) mass is 254 g/mol. The second kappa shape index (κ2) is 3.90. The van der Waals surface area contributed by atoms with Crippen LogP contribution in [0.5, 0.6) is 0 Å². The Morgan fingerprint density at radius 3 is 2.40 bits per heavy atom. The van der Waals surface area contributed by atoms with E-state index in [1.54, 1.807) is 0 Å². The molecule has 0 aromatic carbocycles. The van der Waals surface area contributed by atoms with Gasteiger partial charge in [-0.2, -0.15) is 0 Å². The average molecular weight is 254 g/mol. The van der Waals surface area contributed by atoms with E-state index in [9.17, 15) is 5.11 Å². The minimum absolute atomic E-state index is 0.0133. The predicted octanol–water partition coefficient (Wildman–Crippen LogP) is 2.36. The van der Waals surface area contributed by atoms with Gasteiger partial charge in [-0.15, -0.1) is 0 Å². The van der Waals surface area contributed by atoms with Gasteiger partial charge in [0, 0.05) is 3.92 Å². The van der Waals surface area contributed by atoms with Gasteiger partial charge in [0.15, 0.2) is 0 Å². The molecule has 2 unspecified atom stereocenters. The van der Waals surface area contributed by atoms with Crippen molar-refractivity contribution in [2.75, 3.05) is 0 Å². The molecule has 60 valence electrons. The molecule has 0 radical (unpaired) electrons. The summed E-state index contributed by atoms with van der Waals surface area (Å²) in [6.07, 6.45) is 4.78. The van der Waals surface area contributed by atoms with Crippen LogP contribution < -0.4 is 0 Å². The van der Waals surface area contributed by atoms with Crippen LogP contribution in [-0.4, -0.2) is 15.1 Å². The third-order valence-electron chi connectivity index (χ3n) is 2.37. The topological polar surface area (TPSA) is 20.2 Å². The summed E-state index contributed by atoms with van der Waals surface area (Å²) in [4.78, 5) is 0. The van der Waals surface area contributed by atoms with Gasteiger partial charge in [-0.3, -0.25) is 0 Å². The van der Waals surface area contributed by atoms with E-state index in [-0.39, 0.29) is 6.10 Å². The van der Waals surface area contributed by atoms with E-state index in [0.29, 0.717) is 9.84 Å². The molecule has 1 saturated carbocycles. The van der Waals surface area contributed by atoms with Crippen molar-refractivity contribution in [1.82, 2.24) is 0 Å². The Morgan fingerprint density at radius 1 is 1.40 bits per heavy atom. The molecule has 1 nitrogen and oxygen atoms in total. The minimum atomic E-state index is -0.0133. The number of hydrogen-bond acceptors (Lipinski definition) is 1. The average Bonchev–Trinajstić information content (AvgIpc) is 1.88. The first-order valence-electron chi connectivity index (χ1n) is 4.04. The van der Waals surface area contributed by atoms with Crippen molar-refractivity contribution < 1.29 is 5.11 Å². The number of rotatable bonds is 1. The van der Waals surface area contributed by atoms with Crippen LogP contribution >= 0.6 is 22.6 Å². The maximum atomic E-state index is 9.53. The molecule has 1 N–H and O–H groups in total. The molecule has 1 rings (SSSR count). The molecular formula is C8H15IO. The number of aliphatic hydroxyl groups is 1. The highest BCUT2D eigenvalue weighted by atomic mass is 127. The molecule has 2 heteroatoms. The van der Waals surface area contributed by atoms with Gasteiger partial charge in [0.05, 0.1) is 6.10 Å². The normalized spacial score (nSPS) is 37.5. The molecule has 0 bridgehead atoms. The first-order chi connectivity index (χ1) is 4.72. The molecule has 0 amide bonds. The van der Waals surface area contributed by atoms with Gasteiger partial charge >= 0.3 is 0 Å². The van der Waals surface area contributed by atoms with Crippen molar-refractivity contribution in [3.05, 3.63) is 0 Å². The molecule has 0 aromatic heterocycles. The van der Waals surface area contributed by atoms with Crippen molar-refractivity contribution in [3.63, 3.8) is 0 Å². The summed E-state index contributed by atoms with van der Waals surface area (Å²) in [5.74, 6) is 0.564. The molecule has 3 atom stereocenters. The van der Waals surface area contributed by atoms with Gasteiger partial charge in [-0.05, 0) is 18.8 Å². The second-order valence-corrected chi connectivity index (χ2v) is 5.16. The van der Waals surface area contributed by atoms with E-state index in [1.807, 2.05) is 0 Å². The Hall–Kier alpha value is 0.690. The highest BCUT2D eigenvalue weighted by Gasteiger charge is 2.25. The molecule has 0 aromatic rings. The summed E-state index contributed by atoms with van der Waals surface area (Å²) in [6.45, 7) is 2.19. The van der Waals surface area contributed by atoms with E-state index < -0.39 is 0 Å². The van der Waals surface area contributed by atoms with Gasteiger partial charge in [0.2, 0.25) is 0 Å². The number of hydrogen-bond donors (Lipinski definition) is 1. The zero-order chi connectivity index (χ0) is 7.56. The molecule has 0 spiro atoms. The summed E-state index contributed by atoms with van der Waals surface area (Å²) in [5, 5.41) is 9.53. The maximum absolute atomic E-state index is 9.53. The molecule has 1 aliphatic carbocycles. The Morgan fingerprint density at radius 2 is 2.00 bits per heavy atom. The Kier molecular flexibility index (Phi) is 3.43. The van der Waals surface area contributed by atoms with Crippen LogP contribution in [0.25, 0.3) is 0 Å². The molecule has 0 heterocycles. The number of alkyl halides is 1. The molecule has 0 aliphatic heterocycles. The minimum Gasteiger partial charge on any atom is -0.393 e. The highest BCUT2D eigenvalue weighted by Crippen LogP contribution is 2.30. The lowest BCUT2D eigenvalue weighted by Crippen LogP contribution is -2.29. The van der Waals surface area contributed by atoms with Gasteiger partial charge in [-0.25, -0.2) is 0 Å². The van der Waals surface area contributed by atoms with Crippen LogP contribution in [0.1, 0.15) is 32.6 Å². The quantitative estimate of drug-likeness (QED) is 0.562. The van der Waals surface area contributed by atoms with Crippen LogP contribution in [0.4, 0.5) is 0 Å². The molecule has 0 saturated heterocycles. The van der Waals surface area contributed by atoms with Crippen LogP contribution in [-0.2, 0) is 0 Å². The number of halogens is 1. The Balaban J connectivity index is 2.40. The molecular weight excluding hydrogens is 239 g/mol. The van der Waals surface area contributed by atoms with Crippen molar-refractivity contribution in [2.24, 2.45) is 5.92 Å². The fourth-order valence-electron chi connectivity index (χ4n) is 1.68. The maximum Gasteiger partial charge on any atom is 0.0578 e. The zero-order valence-corrected chi connectivity index (χ0v) is 8.54. The van der Waals surface area contributed by atoms with E-state index in [1.165, 1.54) is 19.3 Å². The van der Waals surface area contributed by atoms with E-state index in [2.05, 4.69) is 29.5 Å². The molecule has 1 fully saturated rings. The summed E-state index contributed by atoms with van der Waals surface area (Å²) in [6, 6.07) is 0. The third kappa shape index (κ3) is 2.09. The van der Waals surface area contributed by atoms with Crippen LogP contribution in [0, 0.1) is 5.92 Å².